The summed E-state index contributed by atoms with van der Waals surface area (Å²) in [5, 5.41) is 0. The van der Waals surface area contributed by atoms with E-state index in [1.165, 1.54) is 18.4 Å². The van der Waals surface area contributed by atoms with Gasteiger partial charge in [0, 0.05) is 0 Å². The summed E-state index contributed by atoms with van der Waals surface area (Å²) in [4.78, 5) is 0. The summed E-state index contributed by atoms with van der Waals surface area (Å²) in [6.45, 7) is 4.40. The summed E-state index contributed by atoms with van der Waals surface area (Å²) in [7, 11) is 0. The zero-order valence-corrected chi connectivity index (χ0v) is 12.8. The van der Waals surface area contributed by atoms with E-state index < -0.39 is 0 Å². The minimum atomic E-state index is -0.103. The highest BCUT2D eigenvalue weighted by molar-refractivity contribution is 5.37. The largest absolute Gasteiger partial charge is 0.490 e. The van der Waals surface area contributed by atoms with Crippen molar-refractivity contribution in [1.29, 1.82) is 0 Å². The number of nitrogens with two attached hydrogens (primary N) is 1. The Labute approximate surface area is 126 Å². The molecule has 0 saturated heterocycles. The van der Waals surface area contributed by atoms with Crippen molar-refractivity contribution in [2.24, 2.45) is 5.73 Å². The maximum atomic E-state index is 6.40. The Balaban J connectivity index is 1.78. The molecule has 0 spiro atoms. The van der Waals surface area contributed by atoms with Crippen molar-refractivity contribution in [2.45, 2.75) is 44.8 Å². The van der Waals surface area contributed by atoms with Gasteiger partial charge in [0.2, 0.25) is 0 Å². The number of ether oxygens (including phenoxy) is 1. The lowest BCUT2D eigenvalue weighted by Crippen LogP contribution is -2.12. The fraction of sp³-hybridized carbons (Fsp3) is 0.368. The van der Waals surface area contributed by atoms with Crippen LogP contribution >= 0.6 is 0 Å². The monoisotopic (exact) mass is 281 g/mol. The Morgan fingerprint density at radius 1 is 0.952 bits per heavy atom. The smallest absolute Gasteiger partial charge is 0.120 e. The molecule has 0 radical (unpaired) electrons. The van der Waals surface area contributed by atoms with Crippen molar-refractivity contribution in [3.8, 4) is 5.75 Å². The van der Waals surface area contributed by atoms with E-state index >= 15 is 0 Å². The summed E-state index contributed by atoms with van der Waals surface area (Å²) >= 11 is 0. The molecule has 0 bridgehead atoms. The third-order valence-electron chi connectivity index (χ3n) is 4.01. The standard InChI is InChI=1S/C19H23NO/c1-13(2)14-6-8-15(9-7-14)19(20)16-4-3-5-18(12-16)21-17-10-11-17/h3-9,12-13,17,19H,10-11,20H2,1-2H3. The van der Waals surface area contributed by atoms with Crippen LogP contribution in [0.4, 0.5) is 0 Å². The van der Waals surface area contributed by atoms with Crippen LogP contribution < -0.4 is 10.5 Å². The molecule has 21 heavy (non-hydrogen) atoms. The molecular formula is C19H23NO. The molecule has 110 valence electrons. The molecule has 2 aromatic rings. The Morgan fingerprint density at radius 3 is 2.24 bits per heavy atom. The van der Waals surface area contributed by atoms with Gasteiger partial charge in [0.15, 0.2) is 0 Å². The van der Waals surface area contributed by atoms with Crippen molar-refractivity contribution in [2.75, 3.05) is 0 Å². The zero-order chi connectivity index (χ0) is 14.8. The Bertz CT molecular complexity index is 599. The Kier molecular flexibility index (Phi) is 3.98. The van der Waals surface area contributed by atoms with Crippen LogP contribution in [0.5, 0.6) is 5.75 Å². The molecule has 0 aromatic heterocycles. The molecule has 2 heteroatoms. The minimum absolute atomic E-state index is 0.103. The quantitative estimate of drug-likeness (QED) is 0.881. The SMILES string of the molecule is CC(C)c1ccc(C(N)c2cccc(OC3CC3)c2)cc1. The van der Waals surface area contributed by atoms with Crippen molar-refractivity contribution in [3.05, 3.63) is 65.2 Å². The van der Waals surface area contributed by atoms with Gasteiger partial charge in [-0.3, -0.25) is 0 Å². The molecule has 1 aliphatic carbocycles. The lowest BCUT2D eigenvalue weighted by molar-refractivity contribution is 0.303. The molecule has 1 fully saturated rings. The topological polar surface area (TPSA) is 35.2 Å². The molecule has 1 aliphatic rings. The van der Waals surface area contributed by atoms with Crippen LogP contribution in [0, 0.1) is 0 Å². The fourth-order valence-electron chi connectivity index (χ4n) is 2.44. The fourth-order valence-corrected chi connectivity index (χ4v) is 2.44. The highest BCUT2D eigenvalue weighted by Gasteiger charge is 2.23. The van der Waals surface area contributed by atoms with Crippen LogP contribution in [0.25, 0.3) is 0 Å². The predicted molar refractivity (Wildman–Crippen MR) is 86.7 cm³/mol. The number of rotatable bonds is 5. The van der Waals surface area contributed by atoms with Gasteiger partial charge < -0.3 is 10.5 Å². The van der Waals surface area contributed by atoms with Gasteiger partial charge in [-0.25, -0.2) is 0 Å². The van der Waals surface area contributed by atoms with Gasteiger partial charge in [-0.05, 0) is 47.6 Å². The Hall–Kier alpha value is -1.80. The normalized spacial score (nSPS) is 16.0. The second-order valence-corrected chi connectivity index (χ2v) is 6.19. The maximum Gasteiger partial charge on any atom is 0.120 e. The van der Waals surface area contributed by atoms with E-state index in [9.17, 15) is 0 Å². The van der Waals surface area contributed by atoms with E-state index in [0.717, 1.165) is 16.9 Å². The molecule has 2 N–H and O–H groups in total. The number of benzene rings is 2. The van der Waals surface area contributed by atoms with Gasteiger partial charge in [0.1, 0.15) is 5.75 Å². The minimum Gasteiger partial charge on any atom is -0.490 e. The summed E-state index contributed by atoms with van der Waals surface area (Å²) in [5.74, 6) is 1.48. The molecule has 2 aromatic carbocycles. The van der Waals surface area contributed by atoms with E-state index in [1.54, 1.807) is 0 Å². The third kappa shape index (κ3) is 3.45. The Morgan fingerprint density at radius 2 is 1.62 bits per heavy atom. The zero-order valence-electron chi connectivity index (χ0n) is 12.8. The van der Waals surface area contributed by atoms with Gasteiger partial charge in [0.05, 0.1) is 12.1 Å². The molecule has 0 amide bonds. The van der Waals surface area contributed by atoms with Crippen molar-refractivity contribution >= 4 is 0 Å². The average Bonchev–Trinajstić information content (AvgIpc) is 3.31. The predicted octanol–water partition coefficient (Wildman–Crippen LogP) is 4.40. The van der Waals surface area contributed by atoms with E-state index in [1.807, 2.05) is 12.1 Å². The molecule has 1 unspecified atom stereocenters. The summed E-state index contributed by atoms with van der Waals surface area (Å²) in [6, 6.07) is 16.7. The van der Waals surface area contributed by atoms with Gasteiger partial charge in [-0.2, -0.15) is 0 Å². The lowest BCUT2D eigenvalue weighted by Gasteiger charge is -2.15. The van der Waals surface area contributed by atoms with Crippen LogP contribution in [0.15, 0.2) is 48.5 Å². The average molecular weight is 281 g/mol. The first-order valence-electron chi connectivity index (χ1n) is 7.75. The van der Waals surface area contributed by atoms with E-state index in [2.05, 4.69) is 50.2 Å². The summed E-state index contributed by atoms with van der Waals surface area (Å²) in [6.07, 6.45) is 2.77. The summed E-state index contributed by atoms with van der Waals surface area (Å²) < 4.78 is 5.85. The van der Waals surface area contributed by atoms with Gasteiger partial charge in [-0.1, -0.05) is 50.2 Å². The molecule has 0 aliphatic heterocycles. The first-order chi connectivity index (χ1) is 10.1. The second-order valence-electron chi connectivity index (χ2n) is 6.19. The van der Waals surface area contributed by atoms with Crippen molar-refractivity contribution < 1.29 is 4.74 Å². The first kappa shape index (κ1) is 14.2. The lowest BCUT2D eigenvalue weighted by atomic mass is 9.96. The van der Waals surface area contributed by atoms with Crippen LogP contribution in [-0.2, 0) is 0 Å². The van der Waals surface area contributed by atoms with E-state index in [4.69, 9.17) is 10.5 Å². The highest BCUT2D eigenvalue weighted by atomic mass is 16.5. The first-order valence-corrected chi connectivity index (χ1v) is 7.75. The molecule has 1 atom stereocenters. The molecule has 2 nitrogen and oxygen atoms in total. The second kappa shape index (κ2) is 5.90. The summed E-state index contributed by atoms with van der Waals surface area (Å²) in [5.41, 5.74) is 9.99. The van der Waals surface area contributed by atoms with Crippen molar-refractivity contribution in [3.63, 3.8) is 0 Å². The van der Waals surface area contributed by atoms with Gasteiger partial charge in [0.25, 0.3) is 0 Å². The van der Waals surface area contributed by atoms with E-state index in [-0.39, 0.29) is 6.04 Å². The molecule has 1 saturated carbocycles. The third-order valence-corrected chi connectivity index (χ3v) is 4.01. The van der Waals surface area contributed by atoms with Crippen LogP contribution in [-0.4, -0.2) is 6.10 Å². The van der Waals surface area contributed by atoms with Crippen molar-refractivity contribution in [1.82, 2.24) is 0 Å². The number of hydrogen-bond donors (Lipinski definition) is 1. The van der Waals surface area contributed by atoms with Crippen LogP contribution in [0.2, 0.25) is 0 Å². The highest BCUT2D eigenvalue weighted by Crippen LogP contribution is 2.29. The van der Waals surface area contributed by atoms with Crippen LogP contribution in [0.1, 0.15) is 55.3 Å². The molecular weight excluding hydrogens is 258 g/mol. The van der Waals surface area contributed by atoms with Gasteiger partial charge in [-0.15, -0.1) is 0 Å². The molecule has 0 heterocycles. The molecule has 3 rings (SSSR count). The van der Waals surface area contributed by atoms with E-state index in [0.29, 0.717) is 12.0 Å². The number of hydrogen-bond acceptors (Lipinski definition) is 2. The van der Waals surface area contributed by atoms with Crippen LogP contribution in [0.3, 0.4) is 0 Å². The maximum absolute atomic E-state index is 6.40. The van der Waals surface area contributed by atoms with Gasteiger partial charge >= 0.3 is 0 Å².